The van der Waals surface area contributed by atoms with Crippen LogP contribution in [0.4, 0.5) is 0 Å². The van der Waals surface area contributed by atoms with E-state index in [0.29, 0.717) is 10.7 Å². The molecule has 1 atom stereocenters. The Balaban J connectivity index is 2.34. The maximum absolute atomic E-state index is 11.8. The average Bonchev–Trinajstić information content (AvgIpc) is 2.89. The van der Waals surface area contributed by atoms with Crippen molar-refractivity contribution < 1.29 is 26.9 Å². The molecule has 1 aliphatic rings. The fourth-order valence-electron chi connectivity index (χ4n) is 2.05. The molecule has 0 bridgehead atoms. The summed E-state index contributed by atoms with van der Waals surface area (Å²) in [6.07, 6.45) is 0.929. The molecule has 136 valence electrons. The van der Waals surface area contributed by atoms with Gasteiger partial charge in [0.2, 0.25) is 11.8 Å². The number of carbonyl (C=O) groups excluding carboxylic acids is 2. The maximum Gasteiger partial charge on any atom is 0.306 e. The zero-order valence-electron chi connectivity index (χ0n) is 14.0. The number of benzene rings is 1. The van der Waals surface area contributed by atoms with Gasteiger partial charge in [0, 0.05) is 13.8 Å². The van der Waals surface area contributed by atoms with E-state index in [4.69, 9.17) is 8.92 Å². The summed E-state index contributed by atoms with van der Waals surface area (Å²) in [4.78, 5) is 23.0. The number of amidine groups is 1. The lowest BCUT2D eigenvalue weighted by Crippen LogP contribution is -2.25. The van der Waals surface area contributed by atoms with Crippen molar-refractivity contribution in [2.24, 2.45) is 5.10 Å². The lowest BCUT2D eigenvalue weighted by molar-refractivity contribution is -0.129. The quantitative estimate of drug-likeness (QED) is 0.768. The molecule has 0 fully saturated rings. The Kier molecular flexibility index (Phi) is 5.58. The van der Waals surface area contributed by atoms with Gasteiger partial charge in [-0.2, -0.15) is 8.42 Å². The zero-order chi connectivity index (χ0) is 18.8. The van der Waals surface area contributed by atoms with Crippen LogP contribution in [0.2, 0.25) is 0 Å². The molecule has 0 aromatic heterocycles. The number of nitrogens with zero attached hydrogens (tertiary/aromatic N) is 2. The van der Waals surface area contributed by atoms with E-state index in [1.165, 1.54) is 43.8 Å². The highest BCUT2D eigenvalue weighted by Gasteiger charge is 2.33. The summed E-state index contributed by atoms with van der Waals surface area (Å²) in [5.74, 6) is -0.382. The fourth-order valence-corrected chi connectivity index (χ4v) is 3.64. The van der Waals surface area contributed by atoms with Gasteiger partial charge in [-0.25, -0.2) is 5.01 Å². The second kappa shape index (κ2) is 7.31. The highest BCUT2D eigenvalue weighted by Crippen LogP contribution is 2.41. The van der Waals surface area contributed by atoms with E-state index in [-0.39, 0.29) is 23.3 Å². The van der Waals surface area contributed by atoms with Crippen molar-refractivity contribution in [3.8, 4) is 11.5 Å². The molecule has 0 aliphatic carbocycles. The summed E-state index contributed by atoms with van der Waals surface area (Å²) in [6, 6.07) is 4.59. The van der Waals surface area contributed by atoms with Crippen LogP contribution in [0, 0.1) is 0 Å². The molecule has 9 nitrogen and oxygen atoms in total. The Bertz CT molecular complexity index is 837. The molecule has 0 saturated heterocycles. The lowest BCUT2D eigenvalue weighted by Gasteiger charge is -2.20. The van der Waals surface area contributed by atoms with Crippen molar-refractivity contribution in [2.75, 3.05) is 13.4 Å². The topological polar surface area (TPSA) is 114 Å². The van der Waals surface area contributed by atoms with E-state index >= 15 is 0 Å². The first-order chi connectivity index (χ1) is 11.6. The van der Waals surface area contributed by atoms with E-state index in [2.05, 4.69) is 10.4 Å². The van der Waals surface area contributed by atoms with Gasteiger partial charge in [-0.15, -0.1) is 5.10 Å². The van der Waals surface area contributed by atoms with Gasteiger partial charge in [0.05, 0.1) is 13.4 Å². The van der Waals surface area contributed by atoms with Crippen molar-refractivity contribution in [1.29, 1.82) is 0 Å². The molecule has 25 heavy (non-hydrogen) atoms. The number of carbonyl (C=O) groups is 2. The number of hydrazone groups is 1. The van der Waals surface area contributed by atoms with Crippen LogP contribution in [-0.4, -0.2) is 43.8 Å². The average molecular weight is 387 g/mol. The maximum atomic E-state index is 11.8. The molecule has 1 aromatic carbocycles. The Hall–Kier alpha value is -2.27. The number of ether oxygens (including phenoxy) is 1. The summed E-state index contributed by atoms with van der Waals surface area (Å²) >= 11 is 1.18. The molecule has 2 amide bonds. The number of methoxy groups -OCH3 is 1. The van der Waals surface area contributed by atoms with E-state index in [9.17, 15) is 18.0 Å². The van der Waals surface area contributed by atoms with Crippen molar-refractivity contribution in [1.82, 2.24) is 10.3 Å². The number of hydrogen-bond donors (Lipinski definition) is 1. The normalized spacial score (nSPS) is 17.0. The fraction of sp³-hybridized carbons (Fsp3) is 0.357. The Morgan fingerprint density at radius 1 is 1.28 bits per heavy atom. The number of nitrogens with one attached hydrogen (secondary N) is 1. The summed E-state index contributed by atoms with van der Waals surface area (Å²) < 4.78 is 32.6. The molecule has 0 radical (unpaired) electrons. The van der Waals surface area contributed by atoms with Gasteiger partial charge in [0.15, 0.2) is 16.7 Å². The molecule has 1 heterocycles. The van der Waals surface area contributed by atoms with Crippen LogP contribution in [0.5, 0.6) is 11.5 Å². The minimum atomic E-state index is -3.71. The first-order valence-electron chi connectivity index (χ1n) is 7.00. The predicted octanol–water partition coefficient (Wildman–Crippen LogP) is 1.03. The first-order valence-corrected chi connectivity index (χ1v) is 9.70. The van der Waals surface area contributed by atoms with E-state index in [1.807, 2.05) is 0 Å². The molecule has 1 aromatic rings. The van der Waals surface area contributed by atoms with Crippen LogP contribution in [0.25, 0.3) is 0 Å². The summed E-state index contributed by atoms with van der Waals surface area (Å²) in [7, 11) is -2.33. The molecule has 1 aliphatic heterocycles. The van der Waals surface area contributed by atoms with Gasteiger partial charge >= 0.3 is 10.1 Å². The molecule has 1 N–H and O–H groups in total. The Morgan fingerprint density at radius 3 is 2.48 bits per heavy atom. The summed E-state index contributed by atoms with van der Waals surface area (Å²) in [5, 5.41) is 7.62. The van der Waals surface area contributed by atoms with Crippen molar-refractivity contribution in [3.05, 3.63) is 23.8 Å². The molecule has 1 unspecified atom stereocenters. The van der Waals surface area contributed by atoms with Crippen LogP contribution in [0.3, 0.4) is 0 Å². The predicted molar refractivity (Wildman–Crippen MR) is 92.6 cm³/mol. The third-order valence-corrected chi connectivity index (χ3v) is 4.55. The van der Waals surface area contributed by atoms with E-state index < -0.39 is 15.5 Å². The largest absolute Gasteiger partial charge is 0.493 e. The lowest BCUT2D eigenvalue weighted by atomic mass is 10.2. The van der Waals surface area contributed by atoms with Gasteiger partial charge in [0.25, 0.3) is 0 Å². The van der Waals surface area contributed by atoms with Crippen LogP contribution in [0.1, 0.15) is 24.8 Å². The summed E-state index contributed by atoms with van der Waals surface area (Å²) in [6.45, 7) is 2.70. The molecule has 11 heteroatoms. The van der Waals surface area contributed by atoms with Gasteiger partial charge in [-0.3, -0.25) is 9.59 Å². The standard InChI is InChI=1S/C14H17N3O6S2/c1-8(18)15-14-16-17(9(2)19)13(24-14)10-5-6-11(12(7-10)22-3)23-25(4,20)21/h5-7,13H,1-4H3,(H,15,16,18). The third-order valence-electron chi connectivity index (χ3n) is 2.96. The number of thioether (sulfide) groups is 1. The SMILES string of the molecule is COc1cc(C2SC(NC(C)=O)=NN2C(C)=O)ccc1OS(C)(=O)=O. The molecule has 0 spiro atoms. The summed E-state index contributed by atoms with van der Waals surface area (Å²) in [5.41, 5.74) is 0.627. The number of rotatable bonds is 4. The molecular weight excluding hydrogens is 370 g/mol. The van der Waals surface area contributed by atoms with Crippen molar-refractivity contribution in [2.45, 2.75) is 19.2 Å². The Labute approximate surface area is 149 Å². The molecular formula is C14H17N3O6S2. The first kappa shape index (κ1) is 19.1. The molecule has 0 saturated carbocycles. The van der Waals surface area contributed by atoms with Crippen LogP contribution < -0.4 is 14.2 Å². The highest BCUT2D eigenvalue weighted by molar-refractivity contribution is 8.14. The second-order valence-corrected chi connectivity index (χ2v) is 7.76. The molecule has 2 rings (SSSR count). The smallest absolute Gasteiger partial charge is 0.306 e. The van der Waals surface area contributed by atoms with E-state index in [0.717, 1.165) is 6.26 Å². The van der Waals surface area contributed by atoms with E-state index in [1.54, 1.807) is 12.1 Å². The minimum absolute atomic E-state index is 0.0362. The van der Waals surface area contributed by atoms with Gasteiger partial charge in [-0.05, 0) is 17.7 Å². The van der Waals surface area contributed by atoms with Crippen molar-refractivity contribution >= 4 is 38.9 Å². The number of hydrogen-bond acceptors (Lipinski definition) is 8. The second-order valence-electron chi connectivity index (χ2n) is 5.12. The van der Waals surface area contributed by atoms with Crippen molar-refractivity contribution in [3.63, 3.8) is 0 Å². The highest BCUT2D eigenvalue weighted by atomic mass is 32.2. The third kappa shape index (κ3) is 4.86. The van der Waals surface area contributed by atoms with Gasteiger partial charge < -0.3 is 14.2 Å². The van der Waals surface area contributed by atoms with Gasteiger partial charge in [0.1, 0.15) is 5.37 Å². The van der Waals surface area contributed by atoms with Gasteiger partial charge in [-0.1, -0.05) is 17.8 Å². The van der Waals surface area contributed by atoms with Crippen LogP contribution in [-0.2, 0) is 19.7 Å². The zero-order valence-corrected chi connectivity index (χ0v) is 15.6. The van der Waals surface area contributed by atoms with Crippen LogP contribution >= 0.6 is 11.8 Å². The number of amides is 2. The minimum Gasteiger partial charge on any atom is -0.493 e. The van der Waals surface area contributed by atoms with Crippen LogP contribution in [0.15, 0.2) is 23.3 Å². The monoisotopic (exact) mass is 387 g/mol. The Morgan fingerprint density at radius 2 is 1.96 bits per heavy atom.